The maximum absolute atomic E-state index is 12.2. The van der Waals surface area contributed by atoms with Crippen LogP contribution in [0.15, 0.2) is 24.3 Å². The summed E-state index contributed by atoms with van der Waals surface area (Å²) in [5.41, 5.74) is 0.575. The highest BCUT2D eigenvalue weighted by Gasteiger charge is 2.12. The molecule has 1 unspecified atom stereocenters. The molecule has 0 aromatic heterocycles. The van der Waals surface area contributed by atoms with Gasteiger partial charge in [0.25, 0.3) is 0 Å². The van der Waals surface area contributed by atoms with Gasteiger partial charge in [-0.2, -0.15) is 0 Å². The van der Waals surface area contributed by atoms with Crippen LogP contribution >= 0.6 is 0 Å². The van der Waals surface area contributed by atoms with E-state index in [1.54, 1.807) is 12.1 Å². The Hall–Kier alpha value is -1.91. The third-order valence-corrected chi connectivity index (χ3v) is 4.69. The van der Waals surface area contributed by atoms with Crippen LogP contribution in [0.5, 0.6) is 5.75 Å². The number of carbonyl (C=O) groups excluding carboxylic acids is 1. The lowest BCUT2D eigenvalue weighted by molar-refractivity contribution is -0.480. The number of ketones is 1. The smallest absolute Gasteiger partial charge is 0.204 e. The van der Waals surface area contributed by atoms with Crippen LogP contribution in [0.25, 0.3) is 0 Å². The van der Waals surface area contributed by atoms with Crippen molar-refractivity contribution in [2.24, 2.45) is 0 Å². The molecular weight excluding hydrogens is 342 g/mol. The van der Waals surface area contributed by atoms with Crippen LogP contribution in [0.3, 0.4) is 0 Å². The van der Waals surface area contributed by atoms with E-state index in [0.29, 0.717) is 5.56 Å². The molecule has 0 bridgehead atoms. The number of nitrogens with zero attached hydrogens (tertiary/aromatic N) is 1. The van der Waals surface area contributed by atoms with E-state index in [2.05, 4.69) is 13.8 Å². The molecule has 27 heavy (non-hydrogen) atoms. The summed E-state index contributed by atoms with van der Waals surface area (Å²) in [7, 11) is 0. The summed E-state index contributed by atoms with van der Waals surface area (Å²) in [5.74, 6) is 0.657. The third kappa shape index (κ3) is 10.7. The fraction of sp³-hybridized carbons (Fsp3) is 0.682. The molecule has 0 spiro atoms. The van der Waals surface area contributed by atoms with Gasteiger partial charge in [0, 0.05) is 23.3 Å². The summed E-state index contributed by atoms with van der Waals surface area (Å²) >= 11 is 0. The topological polar surface area (TPSA) is 69.4 Å². The molecule has 0 aliphatic carbocycles. The van der Waals surface area contributed by atoms with Crippen molar-refractivity contribution >= 4 is 5.78 Å². The highest BCUT2D eigenvalue weighted by Crippen LogP contribution is 2.21. The number of benzene rings is 1. The number of hydrogen-bond acceptors (Lipinski definition) is 4. The Kier molecular flexibility index (Phi) is 12.2. The van der Waals surface area contributed by atoms with E-state index in [0.717, 1.165) is 25.0 Å². The largest absolute Gasteiger partial charge is 0.490 e. The lowest BCUT2D eigenvalue weighted by Crippen LogP contribution is -2.16. The van der Waals surface area contributed by atoms with Crippen molar-refractivity contribution in [3.05, 3.63) is 39.9 Å². The molecular formula is C22H35NO4. The highest BCUT2D eigenvalue weighted by molar-refractivity contribution is 5.96. The van der Waals surface area contributed by atoms with E-state index in [-0.39, 0.29) is 36.2 Å². The zero-order valence-electron chi connectivity index (χ0n) is 17.0. The highest BCUT2D eigenvalue weighted by atomic mass is 16.6. The first-order valence-corrected chi connectivity index (χ1v) is 10.5. The number of Topliss-reactive ketones (excluding diaryl/α,β-unsaturated/α-hetero) is 1. The van der Waals surface area contributed by atoms with Gasteiger partial charge in [0.1, 0.15) is 5.75 Å². The number of rotatable bonds is 16. The van der Waals surface area contributed by atoms with Crippen molar-refractivity contribution in [3.63, 3.8) is 0 Å². The second kappa shape index (κ2) is 14.2. The van der Waals surface area contributed by atoms with Crippen LogP contribution in [-0.2, 0) is 0 Å². The molecule has 0 heterocycles. The molecule has 0 N–H and O–H groups in total. The van der Waals surface area contributed by atoms with Crippen molar-refractivity contribution in [2.75, 3.05) is 6.54 Å². The molecule has 1 atom stereocenters. The lowest BCUT2D eigenvalue weighted by atomic mass is 10.0. The molecule has 1 rings (SSSR count). The summed E-state index contributed by atoms with van der Waals surface area (Å²) in [6, 6.07) is 7.24. The molecule has 0 aliphatic rings. The minimum atomic E-state index is -0.385. The van der Waals surface area contributed by atoms with Gasteiger partial charge in [-0.25, -0.2) is 0 Å². The Labute approximate surface area is 163 Å². The van der Waals surface area contributed by atoms with E-state index in [1.807, 2.05) is 12.1 Å². The summed E-state index contributed by atoms with van der Waals surface area (Å²) in [6.45, 7) is 4.22. The van der Waals surface area contributed by atoms with Crippen LogP contribution in [0.2, 0.25) is 0 Å². The molecule has 5 nitrogen and oxygen atoms in total. The van der Waals surface area contributed by atoms with E-state index >= 15 is 0 Å². The standard InChI is InChI=1S/C22H35NO4/c1-3-5-6-7-8-9-14-20(12-4-2)27-21-15-10-13-19(18-21)22(24)16-11-17-23(25)26/h10,13,15,18,20H,3-9,11-12,14,16-17H2,1-2H3. The quantitative estimate of drug-likeness (QED) is 0.148. The first-order valence-electron chi connectivity index (χ1n) is 10.5. The Balaban J connectivity index is 2.50. The molecule has 1 aromatic carbocycles. The third-order valence-electron chi connectivity index (χ3n) is 4.69. The molecule has 0 fully saturated rings. The molecule has 0 amide bonds. The molecule has 1 aromatic rings. The predicted molar refractivity (Wildman–Crippen MR) is 109 cm³/mol. The molecule has 152 valence electrons. The van der Waals surface area contributed by atoms with Crippen LogP contribution in [0.1, 0.15) is 94.8 Å². The molecule has 0 saturated carbocycles. The Morgan fingerprint density at radius 1 is 1.04 bits per heavy atom. The van der Waals surface area contributed by atoms with Crippen LogP contribution in [-0.4, -0.2) is 23.4 Å². The maximum atomic E-state index is 12.2. The molecule has 0 saturated heterocycles. The number of carbonyl (C=O) groups is 1. The van der Waals surface area contributed by atoms with E-state index in [9.17, 15) is 14.9 Å². The fourth-order valence-electron chi connectivity index (χ4n) is 3.18. The Morgan fingerprint density at radius 3 is 2.48 bits per heavy atom. The first kappa shape index (κ1) is 23.1. The fourth-order valence-corrected chi connectivity index (χ4v) is 3.18. The summed E-state index contributed by atoms with van der Waals surface area (Å²) in [6.07, 6.45) is 11.4. The Bertz CT molecular complexity index is 559. The predicted octanol–water partition coefficient (Wildman–Crippen LogP) is 6.22. The monoisotopic (exact) mass is 377 g/mol. The Morgan fingerprint density at radius 2 is 1.78 bits per heavy atom. The minimum absolute atomic E-state index is 0.0646. The van der Waals surface area contributed by atoms with E-state index in [4.69, 9.17) is 4.74 Å². The summed E-state index contributed by atoms with van der Waals surface area (Å²) in [5, 5.41) is 10.4. The molecule has 5 heteroatoms. The van der Waals surface area contributed by atoms with Crippen LogP contribution in [0.4, 0.5) is 0 Å². The number of unbranched alkanes of at least 4 members (excludes halogenated alkanes) is 5. The SMILES string of the molecule is CCCCCCCCC(CCC)Oc1cccc(C(=O)CCC[N+](=O)[O-])c1. The van der Waals surface area contributed by atoms with Gasteiger partial charge in [0.05, 0.1) is 6.10 Å². The zero-order valence-corrected chi connectivity index (χ0v) is 17.0. The van der Waals surface area contributed by atoms with Gasteiger partial charge < -0.3 is 4.74 Å². The van der Waals surface area contributed by atoms with Crippen molar-refractivity contribution < 1.29 is 14.5 Å². The molecule has 0 radical (unpaired) electrons. The minimum Gasteiger partial charge on any atom is -0.490 e. The van der Waals surface area contributed by atoms with Gasteiger partial charge in [-0.15, -0.1) is 0 Å². The number of nitro groups is 1. The van der Waals surface area contributed by atoms with Crippen molar-refractivity contribution in [2.45, 2.75) is 90.6 Å². The molecule has 0 aliphatic heterocycles. The van der Waals surface area contributed by atoms with Crippen molar-refractivity contribution in [3.8, 4) is 5.75 Å². The van der Waals surface area contributed by atoms with Crippen molar-refractivity contribution in [1.82, 2.24) is 0 Å². The van der Waals surface area contributed by atoms with Gasteiger partial charge in [0.2, 0.25) is 6.54 Å². The summed E-state index contributed by atoms with van der Waals surface area (Å²) in [4.78, 5) is 22.2. The average molecular weight is 378 g/mol. The number of hydrogen-bond donors (Lipinski definition) is 0. The summed E-state index contributed by atoms with van der Waals surface area (Å²) < 4.78 is 6.16. The van der Waals surface area contributed by atoms with Gasteiger partial charge in [-0.05, 0) is 31.4 Å². The second-order valence-electron chi connectivity index (χ2n) is 7.20. The zero-order chi connectivity index (χ0) is 19.9. The number of ether oxygens (including phenoxy) is 1. The first-order chi connectivity index (χ1) is 13.1. The van der Waals surface area contributed by atoms with Crippen LogP contribution < -0.4 is 4.74 Å². The van der Waals surface area contributed by atoms with Gasteiger partial charge >= 0.3 is 0 Å². The van der Waals surface area contributed by atoms with Gasteiger partial charge in [-0.1, -0.05) is 64.5 Å². The van der Waals surface area contributed by atoms with E-state index in [1.165, 1.54) is 38.5 Å². The van der Waals surface area contributed by atoms with Gasteiger partial charge in [-0.3, -0.25) is 14.9 Å². The maximum Gasteiger partial charge on any atom is 0.204 e. The average Bonchev–Trinajstić information content (AvgIpc) is 2.64. The lowest BCUT2D eigenvalue weighted by Gasteiger charge is -2.19. The second-order valence-corrected chi connectivity index (χ2v) is 7.20. The van der Waals surface area contributed by atoms with Gasteiger partial charge in [0.15, 0.2) is 5.78 Å². The van der Waals surface area contributed by atoms with Crippen LogP contribution in [0, 0.1) is 10.1 Å². The normalized spacial score (nSPS) is 11.9. The van der Waals surface area contributed by atoms with E-state index < -0.39 is 0 Å². The van der Waals surface area contributed by atoms with Crippen molar-refractivity contribution in [1.29, 1.82) is 0 Å².